The highest BCUT2D eigenvalue weighted by atomic mass is 32.1. The molecule has 20 heavy (non-hydrogen) atoms. The van der Waals surface area contributed by atoms with Gasteiger partial charge in [-0.15, -0.1) is 0 Å². The first-order valence-corrected chi connectivity index (χ1v) is 7.86. The van der Waals surface area contributed by atoms with Crippen molar-refractivity contribution in [3.63, 3.8) is 0 Å². The first-order valence-electron chi connectivity index (χ1n) is 7.34. The van der Waals surface area contributed by atoms with Crippen molar-refractivity contribution < 1.29 is 14.6 Å². The number of carbonyl (C=O) groups excluding carboxylic acids is 1. The number of aliphatic hydroxyl groups is 1. The Morgan fingerprint density at radius 1 is 1.35 bits per heavy atom. The Morgan fingerprint density at radius 3 is 2.65 bits per heavy atom. The summed E-state index contributed by atoms with van der Waals surface area (Å²) in [6, 6.07) is 0.356. The molecule has 3 N–H and O–H groups in total. The van der Waals surface area contributed by atoms with E-state index in [2.05, 4.69) is 23.3 Å². The molecule has 0 aromatic heterocycles. The lowest BCUT2D eigenvalue weighted by atomic mass is 9.92. The van der Waals surface area contributed by atoms with E-state index in [1.807, 2.05) is 20.8 Å². The number of hydrogen-bond donors (Lipinski definition) is 4. The molecule has 1 aliphatic carbocycles. The van der Waals surface area contributed by atoms with Crippen molar-refractivity contribution in [1.82, 2.24) is 10.6 Å². The largest absolute Gasteiger partial charge is 0.444 e. The van der Waals surface area contributed by atoms with Crippen molar-refractivity contribution in [3.05, 3.63) is 0 Å². The number of hydrogen-bond acceptors (Lipinski definition) is 5. The van der Waals surface area contributed by atoms with Crippen molar-refractivity contribution >= 4 is 18.7 Å². The lowest BCUT2D eigenvalue weighted by Crippen LogP contribution is -2.41. The van der Waals surface area contributed by atoms with Crippen LogP contribution in [0.15, 0.2) is 0 Å². The number of rotatable bonds is 5. The fourth-order valence-corrected chi connectivity index (χ4v) is 2.49. The van der Waals surface area contributed by atoms with E-state index in [0.29, 0.717) is 12.6 Å². The summed E-state index contributed by atoms with van der Waals surface area (Å²) in [6.45, 7) is 6.95. The summed E-state index contributed by atoms with van der Waals surface area (Å²) in [4.78, 5) is 11.4. The summed E-state index contributed by atoms with van der Waals surface area (Å²) < 4.78 is 5.15. The van der Waals surface area contributed by atoms with Crippen LogP contribution in [0.5, 0.6) is 0 Å². The predicted molar refractivity (Wildman–Crippen MR) is 83.3 cm³/mol. The van der Waals surface area contributed by atoms with E-state index in [4.69, 9.17) is 4.74 Å². The second-order valence-corrected chi connectivity index (χ2v) is 7.04. The van der Waals surface area contributed by atoms with Gasteiger partial charge in [-0.2, -0.15) is 12.6 Å². The Hall–Kier alpha value is -0.460. The molecule has 3 atom stereocenters. The fraction of sp³-hybridized carbons (Fsp3) is 0.929. The zero-order chi connectivity index (χ0) is 15.2. The molecule has 0 aromatic rings. The molecular weight excluding hydrogens is 276 g/mol. The summed E-state index contributed by atoms with van der Waals surface area (Å²) in [5.74, 6) is 0. The SMILES string of the molecule is CC(C)(C)OC(=O)NCCCN[C@@H]1CC[C@@H](S)[C@H](O)C1. The summed E-state index contributed by atoms with van der Waals surface area (Å²) in [6.07, 6.45) is 2.90. The summed E-state index contributed by atoms with van der Waals surface area (Å²) >= 11 is 4.34. The van der Waals surface area contributed by atoms with Gasteiger partial charge in [0, 0.05) is 17.8 Å². The van der Waals surface area contributed by atoms with Gasteiger partial charge in [0.25, 0.3) is 0 Å². The molecule has 6 heteroatoms. The van der Waals surface area contributed by atoms with E-state index in [-0.39, 0.29) is 17.4 Å². The molecule has 0 heterocycles. The Labute approximate surface area is 127 Å². The van der Waals surface area contributed by atoms with Crippen LogP contribution in [0.2, 0.25) is 0 Å². The van der Waals surface area contributed by atoms with E-state index >= 15 is 0 Å². The van der Waals surface area contributed by atoms with Crippen LogP contribution in [0.3, 0.4) is 0 Å². The molecule has 0 aromatic carbocycles. The monoisotopic (exact) mass is 304 g/mol. The minimum atomic E-state index is -0.454. The average Bonchev–Trinajstić information content (AvgIpc) is 2.31. The molecule has 1 saturated carbocycles. The number of ether oxygens (including phenoxy) is 1. The van der Waals surface area contributed by atoms with Crippen LogP contribution in [0.1, 0.15) is 46.5 Å². The van der Waals surface area contributed by atoms with Crippen LogP contribution >= 0.6 is 12.6 Å². The molecule has 1 fully saturated rings. The van der Waals surface area contributed by atoms with Gasteiger partial charge >= 0.3 is 6.09 Å². The van der Waals surface area contributed by atoms with Crippen LogP contribution in [0, 0.1) is 0 Å². The van der Waals surface area contributed by atoms with Gasteiger partial charge in [0.05, 0.1) is 6.10 Å². The van der Waals surface area contributed by atoms with Crippen molar-refractivity contribution in [2.24, 2.45) is 0 Å². The molecule has 0 saturated heterocycles. The lowest BCUT2D eigenvalue weighted by Gasteiger charge is -2.31. The van der Waals surface area contributed by atoms with Gasteiger partial charge in [0.1, 0.15) is 5.60 Å². The molecule has 0 spiro atoms. The van der Waals surface area contributed by atoms with Gasteiger partial charge in [-0.3, -0.25) is 0 Å². The quantitative estimate of drug-likeness (QED) is 0.461. The first kappa shape index (κ1) is 17.6. The highest BCUT2D eigenvalue weighted by Gasteiger charge is 2.26. The van der Waals surface area contributed by atoms with Gasteiger partial charge in [0.2, 0.25) is 0 Å². The molecule has 0 radical (unpaired) electrons. The van der Waals surface area contributed by atoms with Gasteiger partial charge < -0.3 is 20.5 Å². The molecule has 0 bridgehead atoms. The van der Waals surface area contributed by atoms with Crippen LogP contribution in [0.4, 0.5) is 4.79 Å². The third-order valence-corrected chi connectivity index (χ3v) is 3.84. The van der Waals surface area contributed by atoms with Gasteiger partial charge in [-0.25, -0.2) is 4.79 Å². The average molecular weight is 304 g/mol. The molecule has 1 amide bonds. The number of amides is 1. The Balaban J connectivity index is 2.04. The van der Waals surface area contributed by atoms with Crippen molar-refractivity contribution in [3.8, 4) is 0 Å². The number of nitrogens with one attached hydrogen (secondary N) is 2. The number of carbonyl (C=O) groups is 1. The minimum Gasteiger partial charge on any atom is -0.444 e. The number of thiol groups is 1. The molecule has 0 unspecified atom stereocenters. The maximum absolute atomic E-state index is 11.4. The van der Waals surface area contributed by atoms with Crippen molar-refractivity contribution in [1.29, 1.82) is 0 Å². The Bertz CT molecular complexity index is 307. The van der Waals surface area contributed by atoms with Crippen LogP contribution in [-0.4, -0.2) is 47.3 Å². The standard InChI is InChI=1S/C14H28N2O3S/c1-14(2,3)19-13(18)16-8-4-7-15-10-5-6-12(20)11(17)9-10/h10-12,15,17,20H,4-9H2,1-3H3,(H,16,18)/t10-,11-,12-/m1/s1. The summed E-state index contributed by atoms with van der Waals surface area (Å²) in [7, 11) is 0. The highest BCUT2D eigenvalue weighted by molar-refractivity contribution is 7.81. The fourth-order valence-electron chi connectivity index (χ4n) is 2.22. The minimum absolute atomic E-state index is 0.113. The highest BCUT2D eigenvalue weighted by Crippen LogP contribution is 2.23. The first-order chi connectivity index (χ1) is 9.28. The predicted octanol–water partition coefficient (Wildman–Crippen LogP) is 1.70. The van der Waals surface area contributed by atoms with Gasteiger partial charge in [-0.05, 0) is 53.0 Å². The van der Waals surface area contributed by atoms with E-state index in [1.165, 1.54) is 0 Å². The number of alkyl carbamates (subject to hydrolysis) is 1. The maximum Gasteiger partial charge on any atom is 0.407 e. The van der Waals surface area contributed by atoms with Gasteiger partial charge in [0.15, 0.2) is 0 Å². The normalized spacial score (nSPS) is 27.1. The van der Waals surface area contributed by atoms with Crippen molar-refractivity contribution in [2.75, 3.05) is 13.1 Å². The molecule has 0 aliphatic heterocycles. The van der Waals surface area contributed by atoms with Crippen LogP contribution in [0.25, 0.3) is 0 Å². The zero-order valence-electron chi connectivity index (χ0n) is 12.7. The summed E-state index contributed by atoms with van der Waals surface area (Å²) in [5.41, 5.74) is -0.454. The zero-order valence-corrected chi connectivity index (χ0v) is 13.6. The molecular formula is C14H28N2O3S. The molecule has 5 nitrogen and oxygen atoms in total. The smallest absolute Gasteiger partial charge is 0.407 e. The van der Waals surface area contributed by atoms with Gasteiger partial charge in [-0.1, -0.05) is 0 Å². The summed E-state index contributed by atoms with van der Waals surface area (Å²) in [5, 5.41) is 16.0. The Kier molecular flexibility index (Phi) is 7.12. The molecule has 1 aliphatic rings. The second-order valence-electron chi connectivity index (χ2n) is 6.38. The maximum atomic E-state index is 11.4. The van der Waals surface area contributed by atoms with E-state index in [1.54, 1.807) is 0 Å². The second kappa shape index (κ2) is 8.10. The van der Waals surface area contributed by atoms with E-state index < -0.39 is 5.60 Å². The Morgan fingerprint density at radius 2 is 2.05 bits per heavy atom. The topological polar surface area (TPSA) is 70.6 Å². The van der Waals surface area contributed by atoms with E-state index in [9.17, 15) is 9.90 Å². The third-order valence-electron chi connectivity index (χ3n) is 3.24. The van der Waals surface area contributed by atoms with Crippen LogP contribution in [-0.2, 0) is 4.74 Å². The van der Waals surface area contributed by atoms with Crippen LogP contribution < -0.4 is 10.6 Å². The van der Waals surface area contributed by atoms with E-state index in [0.717, 1.165) is 32.2 Å². The number of aliphatic hydroxyl groups excluding tert-OH is 1. The van der Waals surface area contributed by atoms with Crippen molar-refractivity contribution in [2.45, 2.75) is 69.5 Å². The molecule has 1 rings (SSSR count). The lowest BCUT2D eigenvalue weighted by molar-refractivity contribution is 0.0527. The molecule has 118 valence electrons. The third kappa shape index (κ3) is 7.36.